The Labute approximate surface area is 414 Å². The number of aromatic amines is 2. The number of nitro benzene ring substituents is 1. The summed E-state index contributed by atoms with van der Waals surface area (Å²) in [6, 6.07) is 20.5. The summed E-state index contributed by atoms with van der Waals surface area (Å²) in [6.45, 7) is 10.5. The quantitative estimate of drug-likeness (QED) is 0.0571. The van der Waals surface area contributed by atoms with E-state index < -0.39 is 37.0 Å². The number of likely N-dealkylation sites (tertiary alicyclic amines) is 1. The van der Waals surface area contributed by atoms with Crippen LogP contribution in [0.5, 0.6) is 5.88 Å². The van der Waals surface area contributed by atoms with Gasteiger partial charge in [0.2, 0.25) is 5.88 Å². The third-order valence-corrected chi connectivity index (χ3v) is 17.8. The molecule has 2 saturated carbocycles. The van der Waals surface area contributed by atoms with Crippen molar-refractivity contribution in [2.75, 3.05) is 54.4 Å². The number of pyridine rings is 1. The summed E-state index contributed by atoms with van der Waals surface area (Å²) in [5, 5.41) is 27.1. The van der Waals surface area contributed by atoms with Crippen molar-refractivity contribution >= 4 is 66.4 Å². The maximum Gasteiger partial charge on any atom is 0.296 e. The first kappa shape index (κ1) is 47.1. The number of ether oxygens (including phenoxy) is 1. The lowest BCUT2D eigenvalue weighted by molar-refractivity contribution is -0.384. The van der Waals surface area contributed by atoms with Crippen LogP contribution in [0.3, 0.4) is 0 Å². The first-order valence-electron chi connectivity index (χ1n) is 25.5. The Kier molecular flexibility index (Phi) is 12.2. The van der Waals surface area contributed by atoms with Crippen LogP contribution in [0, 0.1) is 21.4 Å². The lowest BCUT2D eigenvalue weighted by Gasteiger charge is -2.56. The van der Waals surface area contributed by atoms with Crippen LogP contribution in [0.2, 0.25) is 0 Å². The van der Waals surface area contributed by atoms with Gasteiger partial charge >= 0.3 is 0 Å². The molecule has 5 aliphatic rings. The molecule has 2 saturated heterocycles. The van der Waals surface area contributed by atoms with Gasteiger partial charge in [0.25, 0.3) is 21.6 Å². The van der Waals surface area contributed by atoms with Crippen molar-refractivity contribution in [2.45, 2.75) is 120 Å². The van der Waals surface area contributed by atoms with Crippen molar-refractivity contribution in [1.29, 1.82) is 0 Å². The molecular formula is C53H64N10O7S. The zero-order valence-corrected chi connectivity index (χ0v) is 41.6. The molecule has 6 heterocycles. The molecule has 11 rings (SSSR count). The molecule has 0 bridgehead atoms. The first-order valence-corrected chi connectivity index (χ1v) is 26.9. The number of fused-ring (bicyclic) bond motifs is 3. The number of aromatic nitrogens is 4. The lowest BCUT2D eigenvalue weighted by Crippen LogP contribution is -2.55. The van der Waals surface area contributed by atoms with Crippen LogP contribution in [0.25, 0.3) is 22.1 Å². The first-order chi connectivity index (χ1) is 34.2. The molecule has 18 heteroatoms. The van der Waals surface area contributed by atoms with Gasteiger partial charge in [-0.25, -0.2) is 18.1 Å². The Hall–Kier alpha value is -6.24. The molecule has 71 heavy (non-hydrogen) atoms. The number of carbonyl (C=O) groups excluding carboxylic acids is 1. The highest BCUT2D eigenvalue weighted by atomic mass is 32.2. The number of nitrogens with one attached hydrogen (secondary N) is 4. The number of benzene rings is 3. The van der Waals surface area contributed by atoms with Gasteiger partial charge in [-0.1, -0.05) is 38.1 Å². The Balaban J connectivity index is 0.864. The number of piperidine rings is 1. The summed E-state index contributed by atoms with van der Waals surface area (Å²) in [4.78, 5) is 48.5. The molecule has 4 fully saturated rings. The minimum Gasteiger partial charge on any atom is -0.476 e. The number of amides is 1. The second kappa shape index (κ2) is 18.4. The largest absolute Gasteiger partial charge is 0.476 e. The summed E-state index contributed by atoms with van der Waals surface area (Å²) < 4.78 is 37.4. The molecule has 1 spiro atoms. The van der Waals surface area contributed by atoms with E-state index in [4.69, 9.17) is 9.72 Å². The van der Waals surface area contributed by atoms with Crippen molar-refractivity contribution < 1.29 is 28.0 Å². The molecule has 0 radical (unpaired) electrons. The number of rotatable bonds is 12. The van der Waals surface area contributed by atoms with Gasteiger partial charge in [-0.15, -0.1) is 0 Å². The fourth-order valence-electron chi connectivity index (χ4n) is 12.4. The highest BCUT2D eigenvalue weighted by Crippen LogP contribution is 2.54. The number of nitro groups is 1. The Bertz CT molecular complexity index is 3110. The predicted octanol–water partition coefficient (Wildman–Crippen LogP) is 9.45. The number of aliphatic hydroxyl groups is 1. The molecule has 5 N–H and O–H groups in total. The molecule has 0 unspecified atom stereocenters. The molecule has 1 amide bonds. The van der Waals surface area contributed by atoms with Gasteiger partial charge in [-0.2, -0.15) is 4.98 Å². The van der Waals surface area contributed by atoms with Gasteiger partial charge in [0, 0.05) is 61.6 Å². The summed E-state index contributed by atoms with van der Waals surface area (Å²) in [6.07, 6.45) is 13.3. The van der Waals surface area contributed by atoms with Crippen molar-refractivity contribution in [2.24, 2.45) is 11.3 Å². The van der Waals surface area contributed by atoms with Crippen molar-refractivity contribution in [3.05, 3.63) is 100.0 Å². The summed E-state index contributed by atoms with van der Waals surface area (Å²) in [5.41, 5.74) is 5.07. The molecule has 374 valence electrons. The Morgan fingerprint density at radius 1 is 0.972 bits per heavy atom. The molecule has 2 aliphatic carbocycles. The minimum absolute atomic E-state index is 0.0434. The van der Waals surface area contributed by atoms with E-state index in [9.17, 15) is 28.4 Å². The van der Waals surface area contributed by atoms with E-state index in [0.717, 1.165) is 62.5 Å². The van der Waals surface area contributed by atoms with Gasteiger partial charge in [-0.05, 0) is 143 Å². The molecule has 17 nitrogen and oxygen atoms in total. The molecule has 3 aromatic heterocycles. The smallest absolute Gasteiger partial charge is 0.296 e. The summed E-state index contributed by atoms with van der Waals surface area (Å²) in [5.74, 6) is 0.135. The average molecular weight is 985 g/mol. The number of carbonyl (C=O) groups is 1. The third-order valence-electron chi connectivity index (χ3n) is 16.4. The van der Waals surface area contributed by atoms with Gasteiger partial charge < -0.3 is 34.9 Å². The molecule has 6 aromatic rings. The van der Waals surface area contributed by atoms with E-state index in [1.165, 1.54) is 43.1 Å². The van der Waals surface area contributed by atoms with E-state index in [2.05, 4.69) is 72.9 Å². The van der Waals surface area contributed by atoms with Gasteiger partial charge in [-0.3, -0.25) is 19.8 Å². The molecule has 3 aliphatic heterocycles. The predicted molar refractivity (Wildman–Crippen MR) is 274 cm³/mol. The number of hydrogen-bond donors (Lipinski definition) is 5. The zero-order valence-electron chi connectivity index (χ0n) is 40.7. The van der Waals surface area contributed by atoms with Crippen LogP contribution in [-0.4, -0.2) is 100 Å². The number of imidazole rings is 1. The van der Waals surface area contributed by atoms with E-state index in [0.29, 0.717) is 85.3 Å². The van der Waals surface area contributed by atoms with Crippen LogP contribution in [-0.2, 0) is 10.0 Å². The zero-order chi connectivity index (χ0) is 49.2. The van der Waals surface area contributed by atoms with Crippen molar-refractivity contribution in [3.63, 3.8) is 0 Å². The number of nitrogens with zero attached hydrogens (tertiary/aromatic N) is 6. The number of hydrogen-bond acceptors (Lipinski definition) is 13. The third kappa shape index (κ3) is 8.96. The van der Waals surface area contributed by atoms with E-state index in [1.807, 2.05) is 36.1 Å². The number of sulfonamides is 1. The second-order valence-corrected chi connectivity index (χ2v) is 23.1. The SMILES string of the molecule is CC(C)c1ccccc1[C@@H]1CCCN1C1CC2(CCN(c3ccc(C(=O)NS(=O)(=O)c4cc([N+](=O)[O-])c(NC[C@H]5CC[C@](C)(O)CC5)c5[nH]cnc45)c(N4CCCOc5nc6[nH]ccc6cc54)c3)CC2)C1. The normalized spacial score (nSPS) is 22.9. The summed E-state index contributed by atoms with van der Waals surface area (Å²) in [7, 11) is -4.75. The molecular weight excluding hydrogens is 921 g/mol. The summed E-state index contributed by atoms with van der Waals surface area (Å²) >= 11 is 0. The minimum atomic E-state index is -4.75. The average Bonchev–Trinajstić information content (AvgIpc) is 4.12. The monoisotopic (exact) mass is 984 g/mol. The fraction of sp³-hybridized carbons (Fsp3) is 0.491. The standard InChI is InChI=1S/C53H64N10O7S/c1-33(2)38-8-4-5-9-39(38)41-10-6-21-61(41)37-29-53(30-37)18-23-60(24-19-53)36-11-12-40(42(27-36)62-22-7-25-70-51-44(62)26-35-15-20-54-49(35)58-51)50(64)59-71(68,69)45-28-43(63(66)67)46(48-47(45)56-32-57-48)55-31-34-13-16-52(3,65)17-14-34/h4-5,8-9,11-12,15,20,26-28,32-34,37,41,55,65H,6-7,10,13-14,16-19,21-25,29-31H2,1-3H3,(H,54,58)(H,56,57)(H,59,64)/t34-,41-,52-/m0/s1. The van der Waals surface area contributed by atoms with Crippen LogP contribution < -0.4 is 24.6 Å². The lowest BCUT2D eigenvalue weighted by atomic mass is 9.59. The van der Waals surface area contributed by atoms with Crippen LogP contribution in [0.15, 0.2) is 78.1 Å². The van der Waals surface area contributed by atoms with Gasteiger partial charge in [0.1, 0.15) is 27.4 Å². The van der Waals surface area contributed by atoms with Crippen LogP contribution in [0.1, 0.15) is 125 Å². The fourth-order valence-corrected chi connectivity index (χ4v) is 13.6. The highest BCUT2D eigenvalue weighted by molar-refractivity contribution is 7.90. The maximum atomic E-state index is 14.7. The van der Waals surface area contributed by atoms with Gasteiger partial charge in [0.15, 0.2) is 0 Å². The van der Waals surface area contributed by atoms with Crippen LogP contribution in [0.4, 0.5) is 28.4 Å². The van der Waals surface area contributed by atoms with Crippen molar-refractivity contribution in [3.8, 4) is 5.88 Å². The van der Waals surface area contributed by atoms with E-state index >= 15 is 0 Å². The molecule has 3 aromatic carbocycles. The van der Waals surface area contributed by atoms with Gasteiger partial charge in [0.05, 0.1) is 40.2 Å². The van der Waals surface area contributed by atoms with Crippen molar-refractivity contribution in [1.82, 2.24) is 29.6 Å². The Morgan fingerprint density at radius 2 is 1.76 bits per heavy atom. The maximum absolute atomic E-state index is 14.7. The Morgan fingerprint density at radius 3 is 2.54 bits per heavy atom. The molecule has 1 atom stereocenters. The van der Waals surface area contributed by atoms with E-state index in [1.54, 1.807) is 12.3 Å². The number of H-pyrrole nitrogens is 2. The number of anilines is 4. The van der Waals surface area contributed by atoms with Crippen LogP contribution >= 0.6 is 0 Å². The van der Waals surface area contributed by atoms with E-state index in [-0.39, 0.29) is 28.2 Å². The topological polar surface area (TPSA) is 215 Å². The highest BCUT2D eigenvalue weighted by Gasteiger charge is 2.50. The second-order valence-electron chi connectivity index (χ2n) is 21.4.